The molecular formula is C61H82F2N8O9. The van der Waals surface area contributed by atoms with E-state index in [-0.39, 0.29) is 40.9 Å². The van der Waals surface area contributed by atoms with Crippen LogP contribution in [0.25, 0.3) is 11.1 Å². The van der Waals surface area contributed by atoms with Crippen LogP contribution in [0.15, 0.2) is 103 Å². The molecule has 7 rings (SSSR count). The molecule has 3 N–H and O–H groups in total. The third-order valence-corrected chi connectivity index (χ3v) is 14.0. The van der Waals surface area contributed by atoms with E-state index in [4.69, 9.17) is 38.1 Å². The van der Waals surface area contributed by atoms with Crippen LogP contribution in [-0.2, 0) is 67.5 Å². The van der Waals surface area contributed by atoms with Gasteiger partial charge in [-0.2, -0.15) is 0 Å². The predicted octanol–water partition coefficient (Wildman–Crippen LogP) is 6.32. The number of hydrogen-bond donors (Lipinski definition) is 3. The molecule has 80 heavy (non-hydrogen) atoms. The van der Waals surface area contributed by atoms with Gasteiger partial charge in [0, 0.05) is 82.0 Å². The largest absolute Gasteiger partial charge is 0.383 e. The van der Waals surface area contributed by atoms with Crippen LogP contribution in [0.4, 0.5) is 20.2 Å². The lowest BCUT2D eigenvalue weighted by molar-refractivity contribution is -0.121. The van der Waals surface area contributed by atoms with Gasteiger partial charge in [0.05, 0.1) is 116 Å². The van der Waals surface area contributed by atoms with Crippen LogP contribution < -0.4 is 20.9 Å². The van der Waals surface area contributed by atoms with Crippen molar-refractivity contribution in [3.63, 3.8) is 0 Å². The van der Waals surface area contributed by atoms with E-state index in [0.29, 0.717) is 143 Å². The van der Waals surface area contributed by atoms with E-state index in [1.807, 2.05) is 48.3 Å². The molecule has 4 heterocycles. The van der Waals surface area contributed by atoms with Gasteiger partial charge >= 0.3 is 0 Å². The summed E-state index contributed by atoms with van der Waals surface area (Å²) in [4.78, 5) is 43.2. The van der Waals surface area contributed by atoms with Gasteiger partial charge in [-0.1, -0.05) is 50.2 Å². The standard InChI is InChI=1S/C61H82F2N8O9/c1-45-40-70(54(39-66-45)43-74-5)42-58(72)71-44-61(2,3)59-57(71)38-50(35-46-9-13-51(62)14-10-46)56(68-59)41-69(4)22-24-76-26-28-78-30-32-80-34-33-79-31-29-77-27-25-75-23-21-65-55(37-47-7-6-8-52(63)36-47)60(73)67-53-15-11-48(12-16-53)49-17-19-64-20-18-49/h6-20,36,38,45,54-55,65-66H,21-35,37,39-44H2,1-5H3,(H,67,73)/t45-,54-,55-/m1/s1. The predicted molar refractivity (Wildman–Crippen MR) is 305 cm³/mol. The van der Waals surface area contributed by atoms with Crippen LogP contribution in [0.2, 0.25) is 0 Å². The molecule has 2 aromatic heterocycles. The van der Waals surface area contributed by atoms with E-state index in [1.54, 1.807) is 43.8 Å². The lowest BCUT2D eigenvalue weighted by atomic mass is 9.90. The van der Waals surface area contributed by atoms with Gasteiger partial charge in [-0.25, -0.2) is 8.78 Å². The summed E-state index contributed by atoms with van der Waals surface area (Å²) in [7, 11) is 3.74. The molecule has 0 radical (unpaired) electrons. The number of carbonyl (C=O) groups excluding carboxylic acids is 2. The van der Waals surface area contributed by atoms with Crippen molar-refractivity contribution in [3.05, 3.63) is 143 Å². The highest BCUT2D eigenvalue weighted by atomic mass is 19.1. The average Bonchev–Trinajstić information content (AvgIpc) is 3.75. The lowest BCUT2D eigenvalue weighted by Gasteiger charge is -2.39. The summed E-state index contributed by atoms with van der Waals surface area (Å²) in [5.41, 5.74) is 7.71. The fourth-order valence-electron chi connectivity index (χ4n) is 9.75. The molecule has 2 aliphatic rings. The number of methoxy groups -OCH3 is 1. The fraction of sp³-hybridized carbons (Fsp3) is 0.508. The molecule has 5 aromatic rings. The number of likely N-dealkylation sites (N-methyl/N-ethyl adjacent to an activating group) is 1. The summed E-state index contributed by atoms with van der Waals surface area (Å²) in [6.45, 7) is 16.1. The summed E-state index contributed by atoms with van der Waals surface area (Å²) in [6.07, 6.45) is 4.34. The van der Waals surface area contributed by atoms with Crippen LogP contribution in [0.1, 0.15) is 48.8 Å². The number of fused-ring (bicyclic) bond motifs is 1. The first-order valence-corrected chi connectivity index (χ1v) is 27.8. The first-order chi connectivity index (χ1) is 38.8. The van der Waals surface area contributed by atoms with Crippen molar-refractivity contribution in [2.45, 2.75) is 63.7 Å². The third-order valence-electron chi connectivity index (χ3n) is 14.0. The summed E-state index contributed by atoms with van der Waals surface area (Å²) in [6, 6.07) is 26.2. The van der Waals surface area contributed by atoms with E-state index < -0.39 is 6.04 Å². The molecule has 2 amide bonds. The second kappa shape index (κ2) is 32.7. The summed E-state index contributed by atoms with van der Waals surface area (Å²) in [5, 5.41) is 9.76. The highest BCUT2D eigenvalue weighted by Gasteiger charge is 2.41. The van der Waals surface area contributed by atoms with Crippen molar-refractivity contribution in [1.82, 2.24) is 30.4 Å². The Kier molecular flexibility index (Phi) is 25.3. The Morgan fingerprint density at radius 3 is 2.04 bits per heavy atom. The lowest BCUT2D eigenvalue weighted by Crippen LogP contribution is -2.59. The van der Waals surface area contributed by atoms with Gasteiger partial charge < -0.3 is 54.0 Å². The van der Waals surface area contributed by atoms with Crippen molar-refractivity contribution in [2.75, 3.05) is 150 Å². The van der Waals surface area contributed by atoms with E-state index in [1.165, 1.54) is 24.3 Å². The van der Waals surface area contributed by atoms with E-state index in [0.717, 1.165) is 52.4 Å². The molecular weight excluding hydrogens is 1030 g/mol. The van der Waals surface area contributed by atoms with Gasteiger partial charge in [0.25, 0.3) is 0 Å². The fourth-order valence-corrected chi connectivity index (χ4v) is 9.75. The Morgan fingerprint density at radius 1 is 0.775 bits per heavy atom. The van der Waals surface area contributed by atoms with Crippen molar-refractivity contribution >= 4 is 23.2 Å². The average molecular weight is 1110 g/mol. The number of aromatic nitrogens is 2. The quantitative estimate of drug-likeness (QED) is 0.0386. The minimum atomic E-state index is -0.614. The van der Waals surface area contributed by atoms with E-state index >= 15 is 0 Å². The van der Waals surface area contributed by atoms with Crippen LogP contribution in [0, 0.1) is 11.6 Å². The number of carbonyl (C=O) groups is 2. The number of benzene rings is 3. The Balaban J connectivity index is 0.717. The van der Waals surface area contributed by atoms with Crippen LogP contribution >= 0.6 is 0 Å². The van der Waals surface area contributed by atoms with Crippen molar-refractivity contribution in [3.8, 4) is 11.1 Å². The zero-order valence-electron chi connectivity index (χ0n) is 47.3. The zero-order valence-corrected chi connectivity index (χ0v) is 47.3. The molecule has 0 aliphatic carbocycles. The van der Waals surface area contributed by atoms with Crippen molar-refractivity contribution < 1.29 is 51.5 Å². The van der Waals surface area contributed by atoms with Crippen LogP contribution in [0.3, 0.4) is 0 Å². The summed E-state index contributed by atoms with van der Waals surface area (Å²) < 4.78 is 67.7. The summed E-state index contributed by atoms with van der Waals surface area (Å²) in [5.74, 6) is -0.817. The number of rotatable bonds is 35. The molecule has 17 nitrogen and oxygen atoms in total. The second-order valence-electron chi connectivity index (χ2n) is 21.0. The molecule has 0 spiro atoms. The van der Waals surface area contributed by atoms with Gasteiger partial charge in [-0.3, -0.25) is 29.4 Å². The highest BCUT2D eigenvalue weighted by Crippen LogP contribution is 2.41. The minimum absolute atomic E-state index is 0.0465. The number of pyridine rings is 2. The van der Waals surface area contributed by atoms with Crippen LogP contribution in [-0.4, -0.2) is 189 Å². The minimum Gasteiger partial charge on any atom is -0.383 e. The van der Waals surface area contributed by atoms with Gasteiger partial charge in [-0.15, -0.1) is 0 Å². The van der Waals surface area contributed by atoms with Gasteiger partial charge in [0.1, 0.15) is 11.6 Å². The number of piperazine rings is 1. The summed E-state index contributed by atoms with van der Waals surface area (Å²) >= 11 is 0. The monoisotopic (exact) mass is 1110 g/mol. The third kappa shape index (κ3) is 20.1. The van der Waals surface area contributed by atoms with Crippen molar-refractivity contribution in [2.24, 2.45) is 0 Å². The number of ether oxygens (including phenoxy) is 7. The Labute approximate surface area is 471 Å². The molecule has 0 saturated carbocycles. The molecule has 0 unspecified atom stereocenters. The number of anilines is 2. The number of hydrogen-bond acceptors (Lipinski definition) is 15. The van der Waals surface area contributed by atoms with Gasteiger partial charge in [0.2, 0.25) is 11.8 Å². The van der Waals surface area contributed by atoms with Gasteiger partial charge in [-0.05, 0) is 109 Å². The van der Waals surface area contributed by atoms with E-state index in [2.05, 4.69) is 57.6 Å². The molecule has 3 aromatic carbocycles. The maximum atomic E-state index is 14.1. The molecule has 434 valence electrons. The molecule has 1 fully saturated rings. The first kappa shape index (κ1) is 61.9. The first-order valence-electron chi connectivity index (χ1n) is 27.8. The molecule has 1 saturated heterocycles. The zero-order chi connectivity index (χ0) is 56.5. The maximum absolute atomic E-state index is 14.1. The van der Waals surface area contributed by atoms with Crippen LogP contribution in [0.5, 0.6) is 0 Å². The maximum Gasteiger partial charge on any atom is 0.241 e. The smallest absolute Gasteiger partial charge is 0.241 e. The number of nitrogens with one attached hydrogen (secondary N) is 3. The normalized spacial score (nSPS) is 16.5. The van der Waals surface area contributed by atoms with Crippen molar-refractivity contribution in [1.29, 1.82) is 0 Å². The van der Waals surface area contributed by atoms with E-state index in [9.17, 15) is 18.4 Å². The van der Waals surface area contributed by atoms with Gasteiger partial charge in [0.15, 0.2) is 0 Å². The number of halogens is 2. The number of nitrogens with zero attached hydrogens (tertiary/aromatic N) is 5. The highest BCUT2D eigenvalue weighted by molar-refractivity contribution is 5.97. The molecule has 0 bridgehead atoms. The molecule has 3 atom stereocenters. The topological polar surface area (TPSA) is 170 Å². The molecule has 2 aliphatic heterocycles. The Bertz CT molecular complexity index is 2640. The molecule has 19 heteroatoms. The Morgan fingerprint density at radius 2 is 1.40 bits per heavy atom. The number of amides is 2. The SMILES string of the molecule is COC[C@H]1CN[C@H](C)CN1CC(=O)N1CC(C)(C)c2nc(CN(C)CCOCCOCCOCCOCCOCCOCCN[C@H](Cc3cccc(F)c3)C(=O)Nc3ccc(-c4ccncc4)cc3)c(Cc3ccc(F)cc3)cc21. The Hall–Kier alpha value is -5.68. The second-order valence-corrected chi connectivity index (χ2v) is 21.0.